The lowest BCUT2D eigenvalue weighted by Crippen LogP contribution is -2.45. The van der Waals surface area contributed by atoms with Crippen LogP contribution in [-0.2, 0) is 19.1 Å². The number of hydrogen-bond acceptors (Lipinski definition) is 5. The largest absolute Gasteiger partial charge is 0.467 e. The molecule has 0 bridgehead atoms. The van der Waals surface area contributed by atoms with Gasteiger partial charge >= 0.3 is 5.97 Å². The lowest BCUT2D eigenvalue weighted by atomic mass is 10.1. The van der Waals surface area contributed by atoms with Crippen molar-refractivity contribution < 1.29 is 19.1 Å². The fourth-order valence-electron chi connectivity index (χ4n) is 2.67. The number of amides is 2. The van der Waals surface area contributed by atoms with E-state index in [2.05, 4.69) is 5.32 Å². The Kier molecular flexibility index (Phi) is 7.13. The van der Waals surface area contributed by atoms with Crippen LogP contribution < -0.4 is 10.2 Å². The van der Waals surface area contributed by atoms with Crippen molar-refractivity contribution in [3.8, 4) is 0 Å². The highest BCUT2D eigenvalue weighted by molar-refractivity contribution is 7.98. The number of anilines is 1. The maximum Gasteiger partial charge on any atom is 0.328 e. The number of thioether (sulfide) groups is 1. The SMILES string of the molecule is COC(=O)[C@H](CCSC)NC(=O)[C@H]1CC(=O)N(c2ccc(Cl)cc2)C1. The van der Waals surface area contributed by atoms with Crippen molar-refractivity contribution in [2.45, 2.75) is 18.9 Å². The first kappa shape index (κ1) is 19.6. The number of ether oxygens (including phenoxy) is 1. The number of halogens is 1. The molecule has 25 heavy (non-hydrogen) atoms. The number of methoxy groups -OCH3 is 1. The lowest BCUT2D eigenvalue weighted by Gasteiger charge is -2.19. The molecule has 2 atom stereocenters. The topological polar surface area (TPSA) is 75.7 Å². The van der Waals surface area contributed by atoms with Gasteiger partial charge in [-0.1, -0.05) is 11.6 Å². The van der Waals surface area contributed by atoms with Crippen LogP contribution in [0.15, 0.2) is 24.3 Å². The second kappa shape index (κ2) is 9.10. The van der Waals surface area contributed by atoms with Gasteiger partial charge in [0.15, 0.2) is 0 Å². The van der Waals surface area contributed by atoms with Gasteiger partial charge in [0.1, 0.15) is 6.04 Å². The van der Waals surface area contributed by atoms with Crippen LogP contribution >= 0.6 is 23.4 Å². The number of benzene rings is 1. The van der Waals surface area contributed by atoms with Gasteiger partial charge in [-0.15, -0.1) is 0 Å². The van der Waals surface area contributed by atoms with Crippen LogP contribution in [-0.4, -0.2) is 49.5 Å². The Labute approximate surface area is 156 Å². The summed E-state index contributed by atoms with van der Waals surface area (Å²) in [5, 5.41) is 3.30. The summed E-state index contributed by atoms with van der Waals surface area (Å²) in [6.07, 6.45) is 2.53. The summed E-state index contributed by atoms with van der Waals surface area (Å²) < 4.78 is 4.74. The molecule has 1 aliphatic rings. The highest BCUT2D eigenvalue weighted by atomic mass is 35.5. The van der Waals surface area contributed by atoms with E-state index >= 15 is 0 Å². The minimum absolute atomic E-state index is 0.116. The van der Waals surface area contributed by atoms with Gasteiger partial charge in [0, 0.05) is 23.7 Å². The van der Waals surface area contributed by atoms with E-state index in [1.54, 1.807) is 40.9 Å². The third-order valence-corrected chi connectivity index (χ3v) is 4.94. The Bertz CT molecular complexity index is 638. The van der Waals surface area contributed by atoms with Crippen molar-refractivity contribution in [2.75, 3.05) is 30.6 Å². The summed E-state index contributed by atoms with van der Waals surface area (Å²) in [5.41, 5.74) is 0.705. The van der Waals surface area contributed by atoms with Gasteiger partial charge in [0.2, 0.25) is 11.8 Å². The Morgan fingerprint density at radius 2 is 2.08 bits per heavy atom. The molecule has 1 N–H and O–H groups in total. The summed E-state index contributed by atoms with van der Waals surface area (Å²) >= 11 is 7.45. The van der Waals surface area contributed by atoms with E-state index in [0.717, 1.165) is 5.75 Å². The molecule has 0 aromatic heterocycles. The number of esters is 1. The summed E-state index contributed by atoms with van der Waals surface area (Å²) in [4.78, 5) is 38.1. The summed E-state index contributed by atoms with van der Waals surface area (Å²) in [7, 11) is 1.29. The highest BCUT2D eigenvalue weighted by Gasteiger charge is 2.36. The summed E-state index contributed by atoms with van der Waals surface area (Å²) in [6, 6.07) is 6.21. The van der Waals surface area contributed by atoms with Crippen LogP contribution in [0.1, 0.15) is 12.8 Å². The molecule has 1 aliphatic heterocycles. The van der Waals surface area contributed by atoms with Gasteiger partial charge in [0.25, 0.3) is 0 Å². The molecule has 0 unspecified atom stereocenters. The quantitative estimate of drug-likeness (QED) is 0.728. The Hall–Kier alpha value is -1.73. The van der Waals surface area contributed by atoms with Crippen molar-refractivity contribution in [1.29, 1.82) is 0 Å². The molecule has 6 nitrogen and oxygen atoms in total. The van der Waals surface area contributed by atoms with Crippen molar-refractivity contribution in [3.63, 3.8) is 0 Å². The van der Waals surface area contributed by atoms with E-state index in [0.29, 0.717) is 17.1 Å². The number of carbonyl (C=O) groups excluding carboxylic acids is 3. The van der Waals surface area contributed by atoms with Crippen molar-refractivity contribution in [2.24, 2.45) is 5.92 Å². The van der Waals surface area contributed by atoms with Crippen molar-refractivity contribution in [1.82, 2.24) is 5.32 Å². The number of nitrogens with one attached hydrogen (secondary N) is 1. The minimum Gasteiger partial charge on any atom is -0.467 e. The van der Waals surface area contributed by atoms with Gasteiger partial charge in [-0.05, 0) is 42.7 Å². The number of hydrogen-bond donors (Lipinski definition) is 1. The van der Waals surface area contributed by atoms with Crippen LogP contribution in [0.4, 0.5) is 5.69 Å². The average molecular weight is 385 g/mol. The molecule has 0 radical (unpaired) electrons. The van der Waals surface area contributed by atoms with E-state index < -0.39 is 17.9 Å². The smallest absolute Gasteiger partial charge is 0.328 e. The molecule has 136 valence electrons. The van der Waals surface area contributed by atoms with E-state index in [-0.39, 0.29) is 24.8 Å². The maximum atomic E-state index is 12.5. The Morgan fingerprint density at radius 3 is 2.68 bits per heavy atom. The molecule has 1 aromatic rings. The molecule has 0 saturated carbocycles. The monoisotopic (exact) mass is 384 g/mol. The van der Waals surface area contributed by atoms with E-state index in [4.69, 9.17) is 16.3 Å². The number of nitrogens with zero attached hydrogens (tertiary/aromatic N) is 1. The summed E-state index contributed by atoms with van der Waals surface area (Å²) in [5.74, 6) is -0.672. The fraction of sp³-hybridized carbons (Fsp3) is 0.471. The van der Waals surface area contributed by atoms with E-state index in [1.165, 1.54) is 7.11 Å². The molecule has 2 rings (SSSR count). The normalized spacial score (nSPS) is 18.1. The van der Waals surface area contributed by atoms with E-state index in [1.807, 2.05) is 6.26 Å². The third kappa shape index (κ3) is 5.12. The Morgan fingerprint density at radius 1 is 1.40 bits per heavy atom. The predicted molar refractivity (Wildman–Crippen MR) is 98.9 cm³/mol. The highest BCUT2D eigenvalue weighted by Crippen LogP contribution is 2.26. The van der Waals surface area contributed by atoms with E-state index in [9.17, 15) is 14.4 Å². The first-order valence-corrected chi connectivity index (χ1v) is 9.66. The van der Waals surface area contributed by atoms with Crippen LogP contribution in [0.2, 0.25) is 5.02 Å². The molecule has 1 aromatic carbocycles. The molecule has 1 saturated heterocycles. The summed E-state index contributed by atoms with van der Waals surface area (Å²) in [6.45, 7) is 0.280. The second-order valence-corrected chi connectivity index (χ2v) is 7.17. The number of rotatable bonds is 7. The zero-order chi connectivity index (χ0) is 18.4. The molecular formula is C17H21ClN2O4S. The third-order valence-electron chi connectivity index (χ3n) is 4.05. The van der Waals surface area contributed by atoms with Crippen LogP contribution in [0.25, 0.3) is 0 Å². The average Bonchev–Trinajstić information content (AvgIpc) is 3.00. The predicted octanol–water partition coefficient (Wildman–Crippen LogP) is 2.10. The van der Waals surface area contributed by atoms with Crippen molar-refractivity contribution >= 4 is 46.8 Å². The van der Waals surface area contributed by atoms with Crippen LogP contribution in [0.3, 0.4) is 0 Å². The van der Waals surface area contributed by atoms with Gasteiger partial charge in [0.05, 0.1) is 13.0 Å². The Balaban J connectivity index is 2.01. The second-order valence-electron chi connectivity index (χ2n) is 5.75. The van der Waals surface area contributed by atoms with Crippen molar-refractivity contribution in [3.05, 3.63) is 29.3 Å². The molecule has 1 heterocycles. The van der Waals surface area contributed by atoms with Crippen LogP contribution in [0, 0.1) is 5.92 Å². The van der Waals surface area contributed by atoms with Gasteiger partial charge in [-0.2, -0.15) is 11.8 Å². The zero-order valence-electron chi connectivity index (χ0n) is 14.2. The molecule has 0 spiro atoms. The van der Waals surface area contributed by atoms with Gasteiger partial charge in [-0.25, -0.2) is 4.79 Å². The standard InChI is InChI=1S/C17H21ClN2O4S/c1-24-17(23)14(7-8-25-2)19-16(22)11-9-15(21)20(10-11)13-5-3-12(18)4-6-13/h3-6,11,14H,7-10H2,1-2H3,(H,19,22)/t11-,14-/m0/s1. The molecule has 1 fully saturated rings. The zero-order valence-corrected chi connectivity index (χ0v) is 15.7. The molecule has 2 amide bonds. The first-order chi connectivity index (χ1) is 12.0. The van der Waals surface area contributed by atoms with Crippen LogP contribution in [0.5, 0.6) is 0 Å². The molecule has 8 heteroatoms. The number of carbonyl (C=O) groups is 3. The first-order valence-electron chi connectivity index (χ1n) is 7.89. The molecule has 0 aliphatic carbocycles. The maximum absolute atomic E-state index is 12.5. The minimum atomic E-state index is -0.690. The fourth-order valence-corrected chi connectivity index (χ4v) is 3.27. The molecular weight excluding hydrogens is 364 g/mol. The van der Waals surface area contributed by atoms with Gasteiger partial charge in [-0.3, -0.25) is 9.59 Å². The van der Waals surface area contributed by atoms with Gasteiger partial charge < -0.3 is 15.0 Å². The lowest BCUT2D eigenvalue weighted by molar-refractivity contribution is -0.145.